The molecule has 0 saturated carbocycles. The van der Waals surface area contributed by atoms with Crippen LogP contribution in [0.1, 0.15) is 16.3 Å². The second kappa shape index (κ2) is 5.63. The summed E-state index contributed by atoms with van der Waals surface area (Å²) in [7, 11) is -4.10. The number of thiazole rings is 1. The van der Waals surface area contributed by atoms with E-state index in [1.807, 2.05) is 18.4 Å². The minimum absolute atomic E-state index is 0.380. The lowest BCUT2D eigenvalue weighted by Gasteiger charge is -2.29. The molecule has 1 aliphatic heterocycles. The molecular formula is C15H14FN3O2S2. The van der Waals surface area contributed by atoms with E-state index in [9.17, 15) is 12.8 Å². The van der Waals surface area contributed by atoms with Gasteiger partial charge in [0.1, 0.15) is 15.7 Å². The van der Waals surface area contributed by atoms with Crippen LogP contribution in [0.15, 0.2) is 45.6 Å². The van der Waals surface area contributed by atoms with Gasteiger partial charge >= 0.3 is 0 Å². The van der Waals surface area contributed by atoms with Crippen molar-refractivity contribution in [3.63, 3.8) is 0 Å². The van der Waals surface area contributed by atoms with Crippen LogP contribution >= 0.6 is 11.3 Å². The number of aliphatic imine (C=N–C) groups is 1. The fourth-order valence-electron chi connectivity index (χ4n) is 2.54. The fourth-order valence-corrected chi connectivity index (χ4v) is 4.12. The number of primary sulfonamides is 1. The number of benzene rings is 1. The summed E-state index contributed by atoms with van der Waals surface area (Å²) in [5.41, 5.74) is 0.754. The van der Waals surface area contributed by atoms with Crippen molar-refractivity contribution >= 4 is 27.6 Å². The Morgan fingerprint density at radius 1 is 1.39 bits per heavy atom. The topological polar surface area (TPSA) is 85.4 Å². The predicted octanol–water partition coefficient (Wildman–Crippen LogP) is 2.16. The molecule has 23 heavy (non-hydrogen) atoms. The Morgan fingerprint density at radius 2 is 2.17 bits per heavy atom. The number of sulfonamides is 1. The van der Waals surface area contributed by atoms with Crippen molar-refractivity contribution < 1.29 is 12.8 Å². The number of nitrogens with zero attached hydrogens (tertiary/aromatic N) is 2. The third kappa shape index (κ3) is 2.85. The molecule has 0 bridgehead atoms. The van der Waals surface area contributed by atoms with Crippen molar-refractivity contribution in [1.29, 1.82) is 0 Å². The predicted molar refractivity (Wildman–Crippen MR) is 87.9 cm³/mol. The Morgan fingerprint density at radius 3 is 2.70 bits per heavy atom. The number of hydrogen-bond acceptors (Lipinski definition) is 5. The Kier molecular flexibility index (Phi) is 3.91. The van der Waals surface area contributed by atoms with Crippen LogP contribution in [0.5, 0.6) is 0 Å². The van der Waals surface area contributed by atoms with Crippen LogP contribution in [0.25, 0.3) is 0 Å². The first-order chi connectivity index (χ1) is 10.8. The summed E-state index contributed by atoms with van der Waals surface area (Å²) < 4.78 is 37.0. The molecule has 5 nitrogen and oxygen atoms in total. The normalized spacial score (nSPS) is 20.8. The van der Waals surface area contributed by atoms with Crippen molar-refractivity contribution in [2.24, 2.45) is 10.1 Å². The molecule has 2 heterocycles. The van der Waals surface area contributed by atoms with E-state index in [1.54, 1.807) is 18.4 Å². The molecule has 1 aromatic heterocycles. The molecular weight excluding hydrogens is 337 g/mol. The third-order valence-electron chi connectivity index (χ3n) is 3.67. The molecule has 0 spiro atoms. The summed E-state index contributed by atoms with van der Waals surface area (Å²) in [5.74, 6) is -0.874. The number of nitrogens with two attached hydrogens (primary N) is 1. The molecule has 1 aliphatic rings. The van der Waals surface area contributed by atoms with Crippen LogP contribution in [0.3, 0.4) is 0 Å². The van der Waals surface area contributed by atoms with Gasteiger partial charge in [-0.05, 0) is 30.7 Å². The maximum absolute atomic E-state index is 14.3. The molecule has 2 aromatic rings. The second-order valence-corrected chi connectivity index (χ2v) is 7.69. The van der Waals surface area contributed by atoms with Gasteiger partial charge < -0.3 is 0 Å². The van der Waals surface area contributed by atoms with Gasteiger partial charge in [0, 0.05) is 17.3 Å². The van der Waals surface area contributed by atoms with Crippen LogP contribution in [0.2, 0.25) is 0 Å². The molecule has 0 saturated heterocycles. The average Bonchev–Trinajstić information content (AvgIpc) is 2.93. The highest BCUT2D eigenvalue weighted by atomic mass is 32.2. The highest BCUT2D eigenvalue weighted by molar-refractivity contribution is 7.89. The van der Waals surface area contributed by atoms with Gasteiger partial charge in [0.15, 0.2) is 0 Å². The summed E-state index contributed by atoms with van der Waals surface area (Å²) in [6.07, 6.45) is 5.36. The van der Waals surface area contributed by atoms with E-state index in [0.29, 0.717) is 12.1 Å². The molecule has 1 aromatic carbocycles. The monoisotopic (exact) mass is 351 g/mol. The number of rotatable bonds is 3. The average molecular weight is 351 g/mol. The zero-order valence-electron chi connectivity index (χ0n) is 12.2. The van der Waals surface area contributed by atoms with E-state index in [0.717, 1.165) is 10.7 Å². The number of halogens is 1. The van der Waals surface area contributed by atoms with E-state index < -0.39 is 26.2 Å². The molecule has 8 heteroatoms. The van der Waals surface area contributed by atoms with Gasteiger partial charge in [-0.1, -0.05) is 12.1 Å². The molecule has 0 aliphatic carbocycles. The van der Waals surface area contributed by atoms with Gasteiger partial charge in [0.25, 0.3) is 0 Å². The van der Waals surface area contributed by atoms with Gasteiger partial charge in [0.05, 0.1) is 12.0 Å². The van der Waals surface area contributed by atoms with Crippen LogP contribution in [-0.4, -0.2) is 26.2 Å². The molecule has 0 fully saturated rings. The van der Waals surface area contributed by atoms with Crippen molar-refractivity contribution in [1.82, 2.24) is 4.98 Å². The zero-order valence-corrected chi connectivity index (χ0v) is 13.9. The Balaban J connectivity index is 2.18. The Labute approximate surface area is 137 Å². The van der Waals surface area contributed by atoms with E-state index in [4.69, 9.17) is 5.14 Å². The van der Waals surface area contributed by atoms with Crippen molar-refractivity contribution in [2.45, 2.75) is 17.2 Å². The number of hydrogen-bond donors (Lipinski definition) is 1. The fraction of sp³-hybridized carbons (Fsp3) is 0.200. The lowest BCUT2D eigenvalue weighted by molar-refractivity contribution is 0.560. The van der Waals surface area contributed by atoms with Crippen molar-refractivity contribution in [2.75, 3.05) is 6.54 Å². The summed E-state index contributed by atoms with van der Waals surface area (Å²) in [5, 5.41) is 7.72. The van der Waals surface area contributed by atoms with E-state index in [-0.39, 0.29) is 0 Å². The molecule has 3 rings (SSSR count). The summed E-state index contributed by atoms with van der Waals surface area (Å²) in [6.45, 7) is 2.26. The summed E-state index contributed by atoms with van der Waals surface area (Å²) in [4.78, 5) is 8.28. The first-order valence-electron chi connectivity index (χ1n) is 6.76. The minimum Gasteiger partial charge on any atom is -0.291 e. The highest BCUT2D eigenvalue weighted by Crippen LogP contribution is 2.38. The molecule has 0 amide bonds. The quantitative estimate of drug-likeness (QED) is 0.919. The first-order valence-corrected chi connectivity index (χ1v) is 9.19. The highest BCUT2D eigenvalue weighted by Gasteiger charge is 2.36. The summed E-state index contributed by atoms with van der Waals surface area (Å²) in [6, 6.07) is 3.95. The second-order valence-electron chi connectivity index (χ2n) is 5.30. The van der Waals surface area contributed by atoms with E-state index in [1.165, 1.54) is 23.5 Å². The smallest absolute Gasteiger partial charge is 0.240 e. The molecule has 1 atom stereocenters. The molecule has 0 radical (unpaired) electrons. The number of aromatic nitrogens is 1. The van der Waals surface area contributed by atoms with Gasteiger partial charge in [0.2, 0.25) is 10.0 Å². The zero-order chi connectivity index (χ0) is 16.7. The van der Waals surface area contributed by atoms with Crippen LogP contribution in [0, 0.1) is 12.7 Å². The van der Waals surface area contributed by atoms with Gasteiger partial charge in [-0.15, -0.1) is 11.3 Å². The molecule has 2 N–H and O–H groups in total. The standard InChI is InChI=1S/C15H14FN3O2S2/c1-10-8-22-14(19-10)15(5-2-6-18-9-15)11-3-4-13(12(16)7-11)23(17,20)21/h2-8H,9H2,1H3,(H2,17,20,21). The van der Waals surface area contributed by atoms with Crippen molar-refractivity contribution in [3.05, 3.63) is 57.8 Å². The largest absolute Gasteiger partial charge is 0.291 e. The third-order valence-corrected chi connectivity index (χ3v) is 5.75. The lowest BCUT2D eigenvalue weighted by Crippen LogP contribution is -2.31. The van der Waals surface area contributed by atoms with Crippen LogP contribution < -0.4 is 5.14 Å². The first kappa shape index (κ1) is 16.0. The lowest BCUT2D eigenvalue weighted by atomic mass is 9.79. The Hall–Kier alpha value is -1.90. The van der Waals surface area contributed by atoms with Crippen LogP contribution in [-0.2, 0) is 15.4 Å². The minimum atomic E-state index is -4.10. The number of allylic oxidation sites excluding steroid dienone is 1. The maximum atomic E-state index is 14.3. The number of dihydropyridines is 1. The SMILES string of the molecule is Cc1csc(C2(c3ccc(S(N)(=O)=O)c(F)c3)C=CC=NC2)n1. The van der Waals surface area contributed by atoms with E-state index >= 15 is 0 Å². The van der Waals surface area contributed by atoms with E-state index in [2.05, 4.69) is 9.98 Å². The van der Waals surface area contributed by atoms with Gasteiger partial charge in [-0.2, -0.15) is 0 Å². The molecule has 120 valence electrons. The Bertz CT molecular complexity index is 919. The molecule has 1 unspecified atom stereocenters. The maximum Gasteiger partial charge on any atom is 0.240 e. The van der Waals surface area contributed by atoms with Gasteiger partial charge in [-0.25, -0.2) is 22.9 Å². The number of aryl methyl sites for hydroxylation is 1. The van der Waals surface area contributed by atoms with Gasteiger partial charge in [-0.3, -0.25) is 4.99 Å². The van der Waals surface area contributed by atoms with Crippen LogP contribution in [0.4, 0.5) is 4.39 Å². The summed E-state index contributed by atoms with van der Waals surface area (Å²) >= 11 is 1.46. The van der Waals surface area contributed by atoms with Crippen molar-refractivity contribution in [3.8, 4) is 0 Å².